The molecule has 0 saturated heterocycles. The Labute approximate surface area is 263 Å². The summed E-state index contributed by atoms with van der Waals surface area (Å²) < 4.78 is 0. The van der Waals surface area contributed by atoms with Gasteiger partial charge in [-0.2, -0.15) is 0 Å². The molecular weight excluding hydrogens is 574 g/mol. The summed E-state index contributed by atoms with van der Waals surface area (Å²) in [6.07, 6.45) is 7.29. The van der Waals surface area contributed by atoms with Crippen LogP contribution in [-0.2, 0) is 33.6 Å². The first-order valence-corrected chi connectivity index (χ1v) is 15.6. The van der Waals surface area contributed by atoms with Crippen LogP contribution in [0.1, 0.15) is 74.2 Å². The monoisotopic (exact) mass is 617 g/mol. The molecule has 0 fully saturated rings. The summed E-state index contributed by atoms with van der Waals surface area (Å²) in [5.74, 6) is 0.137. The molecule has 2 aromatic carbocycles. The lowest BCUT2D eigenvalue weighted by molar-refractivity contribution is -0.122. The number of anilines is 1. The van der Waals surface area contributed by atoms with Gasteiger partial charge in [-0.05, 0) is 60.9 Å². The number of rotatable bonds is 16. The molecule has 0 bridgehead atoms. The van der Waals surface area contributed by atoms with Crippen LogP contribution < -0.4 is 27.4 Å². The van der Waals surface area contributed by atoms with E-state index in [0.29, 0.717) is 23.7 Å². The summed E-state index contributed by atoms with van der Waals surface area (Å²) in [6.45, 7) is 5.94. The van der Waals surface area contributed by atoms with Crippen LogP contribution in [0.5, 0.6) is 0 Å². The van der Waals surface area contributed by atoms with Crippen molar-refractivity contribution in [2.75, 3.05) is 5.32 Å². The van der Waals surface area contributed by atoms with Gasteiger partial charge in [-0.1, -0.05) is 79.8 Å². The van der Waals surface area contributed by atoms with Crippen LogP contribution in [0, 0.1) is 5.92 Å². The lowest BCUT2D eigenvalue weighted by atomic mass is 10.0. The summed E-state index contributed by atoms with van der Waals surface area (Å²) in [7, 11) is 0. The lowest BCUT2D eigenvalue weighted by Crippen LogP contribution is -2.29. The minimum absolute atomic E-state index is 0.00769. The van der Waals surface area contributed by atoms with Gasteiger partial charge in [0.05, 0.1) is 18.9 Å². The van der Waals surface area contributed by atoms with Gasteiger partial charge >= 0.3 is 0 Å². The molecule has 0 aliphatic carbocycles. The third-order valence-electron chi connectivity index (χ3n) is 6.57. The summed E-state index contributed by atoms with van der Waals surface area (Å²) in [4.78, 5) is 36.9. The third kappa shape index (κ3) is 12.8. The summed E-state index contributed by atoms with van der Waals surface area (Å²) in [5, 5.41) is 18.1. The second-order valence-electron chi connectivity index (χ2n) is 11.1. The van der Waals surface area contributed by atoms with Crippen molar-refractivity contribution in [3.63, 3.8) is 0 Å². The normalized spacial score (nSPS) is 12.5. The van der Waals surface area contributed by atoms with E-state index in [1.807, 2.05) is 75.4 Å². The largest absolute Gasteiger partial charge is 0.402 e. The number of unbranched alkanes of at least 4 members (excludes halogenated alkanes) is 1. The highest BCUT2D eigenvalue weighted by atomic mass is 32.1. The fourth-order valence-electron chi connectivity index (χ4n) is 4.39. The van der Waals surface area contributed by atoms with Crippen molar-refractivity contribution in [1.29, 1.82) is 0 Å². The van der Waals surface area contributed by atoms with Gasteiger partial charge in [0.1, 0.15) is 10.8 Å². The van der Waals surface area contributed by atoms with Crippen molar-refractivity contribution >= 4 is 34.2 Å². The Bertz CT molecular complexity index is 1450. The van der Waals surface area contributed by atoms with Gasteiger partial charge in [0.2, 0.25) is 22.9 Å². The van der Waals surface area contributed by atoms with Gasteiger partial charge in [0.15, 0.2) is 0 Å². The van der Waals surface area contributed by atoms with Crippen LogP contribution in [0.2, 0.25) is 0 Å². The number of aromatic nitrogens is 2. The second-order valence-corrected chi connectivity index (χ2v) is 12.2. The highest BCUT2D eigenvalue weighted by Gasteiger charge is 2.13. The van der Waals surface area contributed by atoms with Gasteiger partial charge in [0, 0.05) is 18.5 Å². The quantitative estimate of drug-likeness (QED) is 0.115. The molecule has 7 N–H and O–H groups in total. The number of nitrogens with zero attached hydrogens (tertiary/aromatic N) is 2. The predicted octanol–water partition coefficient (Wildman–Crippen LogP) is 4.66. The molecule has 1 heterocycles. The maximum Gasteiger partial charge on any atom is 0.230 e. The molecule has 0 spiro atoms. The van der Waals surface area contributed by atoms with Crippen molar-refractivity contribution < 1.29 is 14.4 Å². The average molecular weight is 618 g/mol. The number of allylic oxidation sites excluding steroid dienone is 3. The van der Waals surface area contributed by atoms with Crippen LogP contribution in [-0.4, -0.2) is 27.9 Å². The fraction of sp³-hybridized carbons (Fsp3) is 0.364. The molecule has 3 rings (SSSR count). The predicted molar refractivity (Wildman–Crippen MR) is 175 cm³/mol. The number of carbonyl (C=O) groups excluding carboxylic acids is 3. The molecular formula is C33H43N7O3S. The van der Waals surface area contributed by atoms with E-state index in [-0.39, 0.29) is 48.3 Å². The van der Waals surface area contributed by atoms with E-state index in [1.165, 1.54) is 11.3 Å². The molecule has 11 heteroatoms. The van der Waals surface area contributed by atoms with E-state index in [2.05, 4.69) is 26.1 Å². The van der Waals surface area contributed by atoms with E-state index in [9.17, 15) is 14.4 Å². The SMILES string of the molecule is CC(C)CC(=O)NC(C)c1cccc(CC(=O)N/C(N)=C/C=C(\N)CCCCc2nnc(NC(=O)Cc3ccccc3)s2)c1. The standard InChI is InChI=1S/C33H43N7O3S/c1-22(2)18-29(41)36-23(3)26-13-9-12-25(19-26)21-30(42)37-28(35)17-16-27(34)14-7-8-15-32-39-40-33(44-32)38-31(43)20-24-10-5-4-6-11-24/h4-6,9-13,16-17,19,22-23H,7-8,14-15,18,20-21,34-35H2,1-3H3,(H,36,41)(H,37,42)(H,38,40,43)/b27-16-,28-17+. The highest BCUT2D eigenvalue weighted by Crippen LogP contribution is 2.19. The van der Waals surface area contributed by atoms with Crippen molar-refractivity contribution in [2.24, 2.45) is 17.4 Å². The second kappa shape index (κ2) is 17.6. The third-order valence-corrected chi connectivity index (χ3v) is 7.47. The molecule has 10 nitrogen and oxygen atoms in total. The van der Waals surface area contributed by atoms with Gasteiger partial charge in [-0.25, -0.2) is 0 Å². The molecule has 1 aromatic heterocycles. The highest BCUT2D eigenvalue weighted by molar-refractivity contribution is 7.15. The van der Waals surface area contributed by atoms with Crippen LogP contribution >= 0.6 is 11.3 Å². The number of nitrogens with one attached hydrogen (secondary N) is 3. The van der Waals surface area contributed by atoms with Crippen LogP contribution in [0.15, 0.2) is 78.3 Å². The summed E-state index contributed by atoms with van der Waals surface area (Å²) >= 11 is 1.37. The van der Waals surface area contributed by atoms with Crippen molar-refractivity contribution in [3.05, 3.63) is 100.0 Å². The maximum absolute atomic E-state index is 12.5. The van der Waals surface area contributed by atoms with E-state index >= 15 is 0 Å². The molecule has 44 heavy (non-hydrogen) atoms. The minimum Gasteiger partial charge on any atom is -0.402 e. The number of nitrogens with two attached hydrogens (primary N) is 2. The number of carbonyl (C=O) groups is 3. The topological polar surface area (TPSA) is 165 Å². The molecule has 3 amide bonds. The zero-order valence-corrected chi connectivity index (χ0v) is 26.5. The molecule has 0 aliphatic rings. The molecule has 0 saturated carbocycles. The Morgan fingerprint density at radius 3 is 2.34 bits per heavy atom. The Morgan fingerprint density at radius 1 is 0.864 bits per heavy atom. The zero-order chi connectivity index (χ0) is 31.9. The van der Waals surface area contributed by atoms with Gasteiger partial charge in [0.25, 0.3) is 0 Å². The number of hydrogen-bond acceptors (Lipinski definition) is 8. The van der Waals surface area contributed by atoms with E-state index in [1.54, 1.807) is 12.2 Å². The zero-order valence-electron chi connectivity index (χ0n) is 25.6. The molecule has 0 aliphatic heterocycles. The van der Waals surface area contributed by atoms with E-state index in [0.717, 1.165) is 41.0 Å². The Morgan fingerprint density at radius 2 is 1.59 bits per heavy atom. The smallest absolute Gasteiger partial charge is 0.230 e. The minimum atomic E-state index is -0.243. The van der Waals surface area contributed by atoms with Crippen LogP contribution in [0.3, 0.4) is 0 Å². The molecule has 1 atom stereocenters. The van der Waals surface area contributed by atoms with Crippen molar-refractivity contribution in [1.82, 2.24) is 20.8 Å². The number of aryl methyl sites for hydroxylation is 1. The number of hydrogen-bond donors (Lipinski definition) is 5. The Hall–Kier alpha value is -4.51. The molecule has 3 aromatic rings. The maximum atomic E-state index is 12.5. The van der Waals surface area contributed by atoms with Gasteiger partial charge in [-0.3, -0.25) is 14.4 Å². The first kappa shape index (κ1) is 34.0. The van der Waals surface area contributed by atoms with Crippen LogP contribution in [0.4, 0.5) is 5.13 Å². The Kier molecular flexibility index (Phi) is 13.6. The average Bonchev–Trinajstić information content (AvgIpc) is 3.41. The summed E-state index contributed by atoms with van der Waals surface area (Å²) in [6, 6.07) is 17.0. The number of amides is 3. The molecule has 234 valence electrons. The number of benzene rings is 2. The van der Waals surface area contributed by atoms with E-state index < -0.39 is 0 Å². The first-order valence-electron chi connectivity index (χ1n) is 14.8. The molecule has 0 radical (unpaired) electrons. The van der Waals surface area contributed by atoms with Crippen molar-refractivity contribution in [3.8, 4) is 0 Å². The Balaban J connectivity index is 1.36. The van der Waals surface area contributed by atoms with Crippen LogP contribution in [0.25, 0.3) is 0 Å². The van der Waals surface area contributed by atoms with Crippen molar-refractivity contribution in [2.45, 2.75) is 71.8 Å². The van der Waals surface area contributed by atoms with Gasteiger partial charge in [-0.15, -0.1) is 10.2 Å². The lowest BCUT2D eigenvalue weighted by Gasteiger charge is -2.16. The summed E-state index contributed by atoms with van der Waals surface area (Å²) in [5.41, 5.74) is 15.5. The van der Waals surface area contributed by atoms with Gasteiger partial charge < -0.3 is 27.4 Å². The first-order chi connectivity index (χ1) is 21.1. The fourth-order valence-corrected chi connectivity index (χ4v) is 5.19. The van der Waals surface area contributed by atoms with E-state index in [4.69, 9.17) is 11.5 Å². The molecule has 1 unspecified atom stereocenters.